The Kier molecular flexibility index (Phi) is 5.28. The van der Waals surface area contributed by atoms with Crippen molar-refractivity contribution in [2.75, 3.05) is 0 Å². The average molecular weight is 414 g/mol. The van der Waals surface area contributed by atoms with E-state index in [1.807, 2.05) is 0 Å². The summed E-state index contributed by atoms with van der Waals surface area (Å²) in [6, 6.07) is 16.6. The molecule has 0 bridgehead atoms. The number of hydrogen-bond donors (Lipinski definition) is 0. The molecule has 0 atom stereocenters. The number of pyridine rings is 1. The number of fused-ring (bicyclic) bond motifs is 3. The van der Waals surface area contributed by atoms with Gasteiger partial charge in [0, 0.05) is 0 Å². The zero-order valence-corrected chi connectivity index (χ0v) is 19.7. The van der Waals surface area contributed by atoms with Crippen LogP contribution in [0, 0.1) is 0 Å². The van der Waals surface area contributed by atoms with Crippen LogP contribution >= 0.6 is 0 Å². The van der Waals surface area contributed by atoms with E-state index in [9.17, 15) is 0 Å². The maximum Gasteiger partial charge on any atom is 0.295 e. The molecule has 0 amide bonds. The molecular formula is C29H37N2+. The summed E-state index contributed by atoms with van der Waals surface area (Å²) in [5.41, 5.74) is 7.51. The van der Waals surface area contributed by atoms with Crippen molar-refractivity contribution in [1.82, 2.24) is 4.40 Å². The molecule has 2 aromatic heterocycles. The van der Waals surface area contributed by atoms with E-state index < -0.39 is 0 Å². The lowest BCUT2D eigenvalue weighted by atomic mass is 9.72. The van der Waals surface area contributed by atoms with E-state index in [1.54, 1.807) is 5.56 Å². The minimum absolute atomic E-state index is 0.271. The predicted octanol–water partition coefficient (Wildman–Crippen LogP) is 7.68. The summed E-state index contributed by atoms with van der Waals surface area (Å²) >= 11 is 0. The van der Waals surface area contributed by atoms with Gasteiger partial charge in [0.15, 0.2) is 11.0 Å². The van der Waals surface area contributed by atoms with Crippen molar-refractivity contribution < 1.29 is 4.57 Å². The smallest absolute Gasteiger partial charge is 0.222 e. The van der Waals surface area contributed by atoms with E-state index in [0.29, 0.717) is 5.92 Å². The molecule has 31 heavy (non-hydrogen) atoms. The third-order valence-electron chi connectivity index (χ3n) is 8.24. The molecule has 0 N–H and O–H groups in total. The van der Waals surface area contributed by atoms with E-state index in [2.05, 4.69) is 85.3 Å². The first-order valence-electron chi connectivity index (χ1n) is 12.6. The number of nitrogens with zero attached hydrogens (tertiary/aromatic N) is 2. The molecule has 4 aromatic rings. The van der Waals surface area contributed by atoms with Gasteiger partial charge in [0.25, 0.3) is 5.65 Å². The Labute approximate surface area is 186 Å². The molecule has 0 saturated heterocycles. The summed E-state index contributed by atoms with van der Waals surface area (Å²) in [5, 5.41) is 2.85. The molecule has 0 fully saturated rings. The quantitative estimate of drug-likeness (QED) is 0.275. The number of aryl methyl sites for hydroxylation is 1. The summed E-state index contributed by atoms with van der Waals surface area (Å²) in [6.45, 7) is 10.5. The first-order valence-corrected chi connectivity index (χ1v) is 12.6. The van der Waals surface area contributed by atoms with Crippen LogP contribution in [-0.2, 0) is 12.0 Å². The van der Waals surface area contributed by atoms with Gasteiger partial charge in [-0.2, -0.15) is 4.40 Å². The zero-order chi connectivity index (χ0) is 21.6. The first-order chi connectivity index (χ1) is 15.2. The minimum Gasteiger partial charge on any atom is -0.222 e. The van der Waals surface area contributed by atoms with Crippen molar-refractivity contribution >= 4 is 27.5 Å². The minimum atomic E-state index is 0.271. The highest BCUT2D eigenvalue weighted by Crippen LogP contribution is 2.42. The van der Waals surface area contributed by atoms with Gasteiger partial charge in [-0.05, 0) is 78.1 Å². The number of rotatable bonds is 7. The second kappa shape index (κ2) is 7.97. The third kappa shape index (κ3) is 3.02. The van der Waals surface area contributed by atoms with Crippen molar-refractivity contribution in [3.63, 3.8) is 0 Å². The van der Waals surface area contributed by atoms with Crippen LogP contribution in [0.15, 0.2) is 48.7 Å². The van der Waals surface area contributed by atoms with Crippen LogP contribution in [0.3, 0.4) is 0 Å². The number of hydrogen-bond acceptors (Lipinski definition) is 0. The van der Waals surface area contributed by atoms with Crippen LogP contribution < -0.4 is 4.57 Å². The van der Waals surface area contributed by atoms with Gasteiger partial charge in [-0.25, -0.2) is 4.57 Å². The molecule has 2 heteroatoms. The molecule has 2 aromatic carbocycles. The van der Waals surface area contributed by atoms with Crippen molar-refractivity contribution in [3.8, 4) is 0 Å². The van der Waals surface area contributed by atoms with E-state index in [-0.39, 0.29) is 5.41 Å². The summed E-state index contributed by atoms with van der Waals surface area (Å²) in [6.07, 6.45) is 11.0. The second-order valence-corrected chi connectivity index (χ2v) is 9.69. The monoisotopic (exact) mass is 413 g/mol. The molecule has 1 aliphatic heterocycles. The highest BCUT2D eigenvalue weighted by Gasteiger charge is 2.37. The van der Waals surface area contributed by atoms with Crippen LogP contribution in [0.1, 0.15) is 89.7 Å². The van der Waals surface area contributed by atoms with Crippen molar-refractivity contribution in [2.24, 2.45) is 0 Å². The Morgan fingerprint density at radius 2 is 1.74 bits per heavy atom. The van der Waals surface area contributed by atoms with Gasteiger partial charge in [-0.1, -0.05) is 64.8 Å². The van der Waals surface area contributed by atoms with Gasteiger partial charge in [0.1, 0.15) is 0 Å². The largest absolute Gasteiger partial charge is 0.295 e. The molecule has 0 aliphatic carbocycles. The molecule has 5 rings (SSSR count). The maximum atomic E-state index is 2.62. The summed E-state index contributed by atoms with van der Waals surface area (Å²) < 4.78 is 5.10. The van der Waals surface area contributed by atoms with Crippen molar-refractivity contribution in [1.29, 1.82) is 0 Å². The van der Waals surface area contributed by atoms with Gasteiger partial charge in [0.05, 0.1) is 18.1 Å². The molecule has 0 radical (unpaired) electrons. The van der Waals surface area contributed by atoms with Gasteiger partial charge in [-0.15, -0.1) is 0 Å². The maximum absolute atomic E-state index is 2.62. The third-order valence-corrected chi connectivity index (χ3v) is 8.24. The number of aromatic nitrogens is 2. The SMILES string of the molecule is CCCC(CCC)c1ccc2c(c1)n1ccc3cccc4c3c1[n+]2CCC4(CC)CC. The lowest BCUT2D eigenvalue weighted by Crippen LogP contribution is -2.36. The molecule has 162 valence electrons. The Morgan fingerprint density at radius 3 is 2.45 bits per heavy atom. The van der Waals surface area contributed by atoms with E-state index in [4.69, 9.17) is 0 Å². The standard InChI is InChI=1S/C29H37N2/c1-5-10-21(11-6-2)23-14-15-25-26(20-23)30-18-16-22-12-9-13-24-27(22)28(30)31(25)19-17-29(24,7-3)8-4/h9,12-16,18,20-21H,5-8,10-11,17,19H2,1-4H3/q+1. The first kappa shape index (κ1) is 20.5. The average Bonchev–Trinajstić information content (AvgIpc) is 3.04. The number of benzene rings is 2. The van der Waals surface area contributed by atoms with E-state index >= 15 is 0 Å². The Morgan fingerprint density at radius 1 is 0.968 bits per heavy atom. The Hall–Kier alpha value is -2.35. The Balaban J connectivity index is 1.83. The normalized spacial score (nSPS) is 15.5. The lowest BCUT2D eigenvalue weighted by molar-refractivity contribution is -0.646. The molecule has 1 aliphatic rings. The fraction of sp³-hybridized carbons (Fsp3) is 0.483. The molecular weight excluding hydrogens is 376 g/mol. The fourth-order valence-corrected chi connectivity index (χ4v) is 6.38. The summed E-state index contributed by atoms with van der Waals surface area (Å²) in [5.74, 6) is 0.676. The summed E-state index contributed by atoms with van der Waals surface area (Å²) in [4.78, 5) is 0. The summed E-state index contributed by atoms with van der Waals surface area (Å²) in [7, 11) is 0. The van der Waals surface area contributed by atoms with Gasteiger partial charge in [0.2, 0.25) is 0 Å². The van der Waals surface area contributed by atoms with Gasteiger partial charge < -0.3 is 0 Å². The van der Waals surface area contributed by atoms with Crippen LogP contribution in [0.25, 0.3) is 27.5 Å². The molecule has 3 heterocycles. The van der Waals surface area contributed by atoms with Crippen molar-refractivity contribution in [3.05, 3.63) is 59.8 Å². The molecule has 0 unspecified atom stereocenters. The highest BCUT2D eigenvalue weighted by atomic mass is 15.1. The zero-order valence-electron chi connectivity index (χ0n) is 19.7. The van der Waals surface area contributed by atoms with E-state index in [0.717, 1.165) is 6.54 Å². The van der Waals surface area contributed by atoms with E-state index in [1.165, 1.54) is 78.0 Å². The second-order valence-electron chi connectivity index (χ2n) is 9.69. The topological polar surface area (TPSA) is 8.29 Å². The predicted molar refractivity (Wildman–Crippen MR) is 132 cm³/mol. The molecule has 2 nitrogen and oxygen atoms in total. The molecule has 0 spiro atoms. The van der Waals surface area contributed by atoms with Crippen LogP contribution in [0.2, 0.25) is 0 Å². The fourth-order valence-electron chi connectivity index (χ4n) is 6.38. The van der Waals surface area contributed by atoms with Crippen LogP contribution in [-0.4, -0.2) is 4.40 Å². The van der Waals surface area contributed by atoms with Crippen LogP contribution in [0.4, 0.5) is 0 Å². The number of imidazole rings is 1. The van der Waals surface area contributed by atoms with Crippen LogP contribution in [0.5, 0.6) is 0 Å². The Bertz CT molecular complexity index is 1240. The lowest BCUT2D eigenvalue weighted by Gasteiger charge is -2.31. The van der Waals surface area contributed by atoms with Gasteiger partial charge >= 0.3 is 0 Å². The molecule has 0 saturated carbocycles. The highest BCUT2D eigenvalue weighted by molar-refractivity contribution is 5.98. The van der Waals surface area contributed by atoms with Crippen molar-refractivity contribution in [2.45, 2.75) is 90.5 Å². The van der Waals surface area contributed by atoms with Gasteiger partial charge in [-0.3, -0.25) is 0 Å².